The summed E-state index contributed by atoms with van der Waals surface area (Å²) in [6, 6.07) is 12.4. The number of aromatic nitrogens is 2. The summed E-state index contributed by atoms with van der Waals surface area (Å²) in [6.45, 7) is 6.83. The number of hydrogen-bond donors (Lipinski definition) is 2. The minimum absolute atomic E-state index is 1.17. The van der Waals surface area contributed by atoms with Crippen molar-refractivity contribution in [1.82, 2.24) is 0 Å². The molecule has 0 saturated carbocycles. The van der Waals surface area contributed by atoms with Crippen LogP contribution in [0.1, 0.15) is 65.2 Å². The van der Waals surface area contributed by atoms with Crippen LogP contribution in [0.25, 0.3) is 0 Å². The first-order chi connectivity index (χ1) is 16.4. The number of halogens is 2. The average molecular weight is 571 g/mol. The van der Waals surface area contributed by atoms with E-state index >= 15 is 0 Å². The highest BCUT2D eigenvalue weighted by molar-refractivity contribution is 7.77. The lowest BCUT2D eigenvalue weighted by molar-refractivity contribution is -0.697. The molecule has 0 aromatic carbocycles. The lowest BCUT2D eigenvalue weighted by atomic mass is 10.2. The second kappa shape index (κ2) is 18.4. The molecule has 0 unspecified atom stereocenters. The monoisotopic (exact) mass is 570 g/mol. The third-order valence-electron chi connectivity index (χ3n) is 4.77. The van der Waals surface area contributed by atoms with E-state index in [2.05, 4.69) is 107 Å². The number of alkyl halides is 2. The van der Waals surface area contributed by atoms with E-state index in [4.69, 9.17) is 9.79 Å². The van der Waals surface area contributed by atoms with Crippen LogP contribution in [0, 0.1) is 0 Å². The van der Waals surface area contributed by atoms with Crippen LogP contribution < -0.4 is 18.9 Å². The Morgan fingerprint density at radius 1 is 0.686 bits per heavy atom. The second-order valence-corrected chi connectivity index (χ2v) is 14.1. The van der Waals surface area contributed by atoms with E-state index in [0.717, 1.165) is 0 Å². The molecule has 12 heteroatoms. The van der Waals surface area contributed by atoms with Crippen LogP contribution in [0.15, 0.2) is 61.2 Å². The second-order valence-electron chi connectivity index (χ2n) is 7.90. The predicted molar refractivity (Wildman–Crippen MR) is 136 cm³/mol. The molecule has 200 valence electrons. The van der Waals surface area contributed by atoms with Gasteiger partial charge < -0.3 is 24.1 Å². The first kappa shape index (κ1) is 34.2. The summed E-state index contributed by atoms with van der Waals surface area (Å²) in [5, 5.41) is 0. The number of nitrogens with zero attached hydrogens (tertiary/aromatic N) is 2. The summed E-state index contributed by atoms with van der Waals surface area (Å²) in [4.78, 5) is 36.3. The Balaban J connectivity index is 0.000000496. The number of pyridine rings is 2. The summed E-state index contributed by atoms with van der Waals surface area (Å²) in [5.41, 5.74) is 0. The van der Waals surface area contributed by atoms with E-state index in [-0.39, 0.29) is 0 Å². The molecule has 0 saturated heterocycles. The van der Waals surface area contributed by atoms with Gasteiger partial charge in [-0.05, 0) is 20.4 Å². The van der Waals surface area contributed by atoms with E-state index in [1.165, 1.54) is 64.5 Å². The summed E-state index contributed by atoms with van der Waals surface area (Å²) in [7, 11) is -11.1. The molecule has 0 aliphatic carbocycles. The zero-order valence-corrected chi connectivity index (χ0v) is 23.7. The minimum Gasteiger partial charge on any atom is -0.808 e. The van der Waals surface area contributed by atoms with Gasteiger partial charge in [0.15, 0.2) is 24.8 Å². The molecule has 2 rings (SSSR count). The molecule has 0 amide bonds. The van der Waals surface area contributed by atoms with Crippen molar-refractivity contribution in [3.05, 3.63) is 61.2 Å². The van der Waals surface area contributed by atoms with Crippen molar-refractivity contribution in [3.8, 4) is 0 Å². The Morgan fingerprint density at radius 2 is 1.03 bits per heavy atom. The van der Waals surface area contributed by atoms with E-state index in [9.17, 15) is 18.9 Å². The number of rotatable bonds is 12. The van der Waals surface area contributed by atoms with Gasteiger partial charge in [-0.2, -0.15) is 0 Å². The zero-order valence-electron chi connectivity index (χ0n) is 20.4. The van der Waals surface area contributed by atoms with Crippen LogP contribution >= 0.6 is 38.4 Å². The largest absolute Gasteiger partial charge is 0.808 e. The highest BCUT2D eigenvalue weighted by Gasteiger charge is 2.47. The van der Waals surface area contributed by atoms with Crippen LogP contribution in [0.3, 0.4) is 0 Å². The van der Waals surface area contributed by atoms with Crippen LogP contribution in [0.2, 0.25) is 0 Å². The Morgan fingerprint density at radius 3 is 1.26 bits per heavy atom. The zero-order chi connectivity index (χ0) is 26.8. The van der Waals surface area contributed by atoms with E-state index in [1.54, 1.807) is 0 Å². The molecule has 0 bridgehead atoms. The minimum atomic E-state index is -5.72. The van der Waals surface area contributed by atoms with Crippen LogP contribution in [0.4, 0.5) is 0 Å². The maximum Gasteiger partial charge on any atom is 0.366 e. The third kappa shape index (κ3) is 15.8. The van der Waals surface area contributed by atoms with Gasteiger partial charge in [-0.15, -0.1) is 0 Å². The highest BCUT2D eigenvalue weighted by Crippen LogP contribution is 2.70. The molecular formula is C23H38Cl2N2O6P2. The fourth-order valence-corrected chi connectivity index (χ4v) is 4.04. The molecule has 2 heterocycles. The van der Waals surface area contributed by atoms with Gasteiger partial charge in [0.25, 0.3) is 0 Å². The molecule has 2 N–H and O–H groups in total. The van der Waals surface area contributed by atoms with Gasteiger partial charge in [-0.3, -0.25) is 4.57 Å². The van der Waals surface area contributed by atoms with Crippen LogP contribution in [0.5, 0.6) is 0 Å². The van der Waals surface area contributed by atoms with Gasteiger partial charge in [0, 0.05) is 37.1 Å². The number of unbranched alkanes of at least 4 members (excludes halogenated alkanes) is 6. The standard InChI is InChI=1S/2C11H18N.CH4Cl2O6P2/c2*1-2-3-4-6-9-12-10-7-5-8-11-12;2-1(3,10(4,5)6)11(7,8)9/h2*5,7-8,10-11H,2-4,6,9H2,1H3;(H2,4,5,6)(H2,7,8,9)/q2*+1;/p-2. The molecule has 0 aliphatic heterocycles. The molecule has 0 atom stereocenters. The molecule has 0 radical (unpaired) electrons. The molecule has 2 aromatic rings. The molecule has 0 fully saturated rings. The van der Waals surface area contributed by atoms with Crippen LogP contribution in [-0.4, -0.2) is 13.6 Å². The van der Waals surface area contributed by atoms with E-state index in [1.807, 2.05) is 0 Å². The van der Waals surface area contributed by atoms with Gasteiger partial charge >= 0.3 is 7.60 Å². The van der Waals surface area contributed by atoms with Crippen molar-refractivity contribution in [1.29, 1.82) is 0 Å². The van der Waals surface area contributed by atoms with Crippen LogP contribution in [-0.2, 0) is 22.2 Å². The van der Waals surface area contributed by atoms with Crippen molar-refractivity contribution in [2.45, 2.75) is 82.1 Å². The topological polar surface area (TPSA) is 128 Å². The van der Waals surface area contributed by atoms with Crippen molar-refractivity contribution in [2.75, 3.05) is 0 Å². The fourth-order valence-electron chi connectivity index (χ4n) is 2.77. The maximum atomic E-state index is 10.2. The van der Waals surface area contributed by atoms with Crippen molar-refractivity contribution in [2.24, 2.45) is 0 Å². The Bertz CT molecular complexity index is 809. The van der Waals surface area contributed by atoms with Crippen molar-refractivity contribution in [3.63, 3.8) is 0 Å². The molecule has 2 aromatic heterocycles. The van der Waals surface area contributed by atoms with Gasteiger partial charge in [0.05, 0.1) is 0 Å². The van der Waals surface area contributed by atoms with Gasteiger partial charge in [0.1, 0.15) is 13.1 Å². The molecule has 0 aliphatic rings. The average Bonchev–Trinajstić information content (AvgIpc) is 2.80. The third-order valence-corrected chi connectivity index (χ3v) is 10.2. The summed E-state index contributed by atoms with van der Waals surface area (Å²) in [6.07, 6.45) is 19.2. The predicted octanol–water partition coefficient (Wildman–Crippen LogP) is 4.28. The Kier molecular flexibility index (Phi) is 18.0. The number of hydrogen-bond acceptors (Lipinski definition) is 4. The van der Waals surface area contributed by atoms with Gasteiger partial charge in [-0.25, -0.2) is 9.13 Å². The van der Waals surface area contributed by atoms with Crippen molar-refractivity contribution < 1.29 is 37.8 Å². The molecule has 35 heavy (non-hydrogen) atoms. The smallest absolute Gasteiger partial charge is 0.366 e. The highest BCUT2D eigenvalue weighted by atomic mass is 35.5. The first-order valence-electron chi connectivity index (χ1n) is 11.7. The lowest BCUT2D eigenvalue weighted by Gasteiger charge is -2.40. The van der Waals surface area contributed by atoms with E-state index < -0.39 is 19.0 Å². The molecular weight excluding hydrogens is 533 g/mol. The SMILES string of the molecule is CCCCCC[n+]1ccccc1.CCCCCC[n+]1ccccc1.O=P([O-])([O-])C(Cl)(Cl)P(=O)(O)O. The lowest BCUT2D eigenvalue weighted by Crippen LogP contribution is -2.32. The maximum absolute atomic E-state index is 10.2. The van der Waals surface area contributed by atoms with E-state index in [0.29, 0.717) is 0 Å². The quantitative estimate of drug-likeness (QED) is 0.170. The summed E-state index contributed by atoms with van der Waals surface area (Å²) >= 11 is 9.21. The van der Waals surface area contributed by atoms with Crippen molar-refractivity contribution >= 4 is 38.4 Å². The Hall–Kier alpha value is -0.820. The summed E-state index contributed by atoms with van der Waals surface area (Å²) < 4.78 is 21.1. The fraction of sp³-hybridized carbons (Fsp3) is 0.565. The first-order valence-corrected chi connectivity index (χ1v) is 15.6. The molecule has 8 nitrogen and oxygen atoms in total. The van der Waals surface area contributed by atoms with Gasteiger partial charge in [0.2, 0.25) is 3.82 Å². The number of aryl methyl sites for hydroxylation is 2. The molecule has 0 spiro atoms. The normalized spacial score (nSPS) is 11.7. The van der Waals surface area contributed by atoms with Gasteiger partial charge in [-0.1, -0.05) is 74.9 Å². The Labute approximate surface area is 219 Å². The summed E-state index contributed by atoms with van der Waals surface area (Å²) in [5.74, 6) is 0.